The van der Waals surface area contributed by atoms with Crippen LogP contribution in [0, 0.1) is 6.92 Å². The van der Waals surface area contributed by atoms with Crippen molar-refractivity contribution in [2.45, 2.75) is 51.0 Å². The summed E-state index contributed by atoms with van der Waals surface area (Å²) in [5.41, 5.74) is 1.33. The van der Waals surface area contributed by atoms with Gasteiger partial charge in [0.1, 0.15) is 10.5 Å². The lowest BCUT2D eigenvalue weighted by molar-refractivity contribution is -0.123. The molecule has 2 aromatic heterocycles. The van der Waals surface area contributed by atoms with Crippen molar-refractivity contribution in [1.82, 2.24) is 20.4 Å². The Bertz CT molecular complexity index is 913. The molecule has 1 amide bonds. The first-order valence-electron chi connectivity index (χ1n) is 9.26. The molecule has 140 valence electrons. The van der Waals surface area contributed by atoms with E-state index in [1.54, 1.807) is 18.3 Å². The second-order valence-corrected chi connectivity index (χ2v) is 7.87. The normalized spacial score (nSPS) is 16.2. The van der Waals surface area contributed by atoms with Gasteiger partial charge in [0, 0.05) is 17.9 Å². The first-order valence-corrected chi connectivity index (χ1v) is 10.1. The molecule has 1 fully saturated rings. The highest BCUT2D eigenvalue weighted by Gasteiger charge is 2.39. The second kappa shape index (κ2) is 7.60. The lowest BCUT2D eigenvalue weighted by Crippen LogP contribution is -2.48. The van der Waals surface area contributed by atoms with Crippen LogP contribution in [0.1, 0.15) is 49.5 Å². The van der Waals surface area contributed by atoms with E-state index in [2.05, 4.69) is 20.4 Å². The van der Waals surface area contributed by atoms with E-state index in [0.29, 0.717) is 11.7 Å². The van der Waals surface area contributed by atoms with Crippen LogP contribution in [0.2, 0.25) is 0 Å². The summed E-state index contributed by atoms with van der Waals surface area (Å²) in [6, 6.07) is 10.0. The maximum Gasteiger partial charge on any atom is 0.226 e. The van der Waals surface area contributed by atoms with Crippen LogP contribution in [0.25, 0.3) is 10.6 Å². The van der Waals surface area contributed by atoms with Crippen molar-refractivity contribution in [2.75, 3.05) is 0 Å². The number of aromatic nitrogens is 3. The largest absolute Gasteiger partial charge is 0.343 e. The molecule has 0 unspecified atom stereocenters. The number of aryl methyl sites for hydroxylation is 1. The third-order valence-electron chi connectivity index (χ3n) is 4.96. The van der Waals surface area contributed by atoms with Gasteiger partial charge in [0.25, 0.3) is 0 Å². The molecular formula is C20H22N4O2S. The van der Waals surface area contributed by atoms with Crippen molar-refractivity contribution < 1.29 is 9.32 Å². The molecule has 0 spiro atoms. The Hall–Kier alpha value is -2.54. The van der Waals surface area contributed by atoms with Crippen LogP contribution in [0.4, 0.5) is 0 Å². The number of rotatable bonds is 5. The Balaban J connectivity index is 1.48. The van der Waals surface area contributed by atoms with Crippen molar-refractivity contribution >= 4 is 17.2 Å². The summed E-state index contributed by atoms with van der Waals surface area (Å²) >= 11 is 1.56. The first kappa shape index (κ1) is 17.9. The molecule has 4 rings (SSSR count). The van der Waals surface area contributed by atoms with E-state index < -0.39 is 5.54 Å². The number of benzene rings is 1. The van der Waals surface area contributed by atoms with Crippen LogP contribution < -0.4 is 5.32 Å². The molecule has 1 aliphatic rings. The molecule has 7 heteroatoms. The van der Waals surface area contributed by atoms with Gasteiger partial charge < -0.3 is 9.84 Å². The van der Waals surface area contributed by atoms with Gasteiger partial charge in [-0.15, -0.1) is 11.3 Å². The van der Waals surface area contributed by atoms with Gasteiger partial charge in [-0.2, -0.15) is 4.98 Å². The number of hydrogen-bond donors (Lipinski definition) is 1. The Morgan fingerprint density at radius 3 is 2.67 bits per heavy atom. The molecule has 3 aromatic rings. The minimum atomic E-state index is -0.522. The first-order chi connectivity index (χ1) is 13.1. The Morgan fingerprint density at radius 2 is 1.96 bits per heavy atom. The molecule has 27 heavy (non-hydrogen) atoms. The van der Waals surface area contributed by atoms with Crippen molar-refractivity contribution in [2.24, 2.45) is 0 Å². The molecule has 1 aromatic carbocycles. The number of carbonyl (C=O) groups is 1. The van der Waals surface area contributed by atoms with Crippen LogP contribution in [0.15, 0.2) is 40.2 Å². The lowest BCUT2D eigenvalue weighted by Gasteiger charge is -2.35. The van der Waals surface area contributed by atoms with Gasteiger partial charge in [-0.1, -0.05) is 54.8 Å². The van der Waals surface area contributed by atoms with E-state index in [1.807, 2.05) is 35.7 Å². The van der Waals surface area contributed by atoms with Crippen LogP contribution in [-0.2, 0) is 16.8 Å². The molecule has 1 saturated carbocycles. The van der Waals surface area contributed by atoms with Gasteiger partial charge in [-0.3, -0.25) is 4.79 Å². The summed E-state index contributed by atoms with van der Waals surface area (Å²) in [6.45, 7) is 1.77. The van der Waals surface area contributed by atoms with Gasteiger partial charge in [0.05, 0.1) is 12.1 Å². The molecule has 1 N–H and O–H groups in total. The van der Waals surface area contributed by atoms with E-state index in [-0.39, 0.29) is 12.3 Å². The fourth-order valence-corrected chi connectivity index (χ4v) is 4.46. The highest BCUT2D eigenvalue weighted by molar-refractivity contribution is 7.13. The molecular weight excluding hydrogens is 360 g/mol. The molecule has 0 aliphatic heterocycles. The van der Waals surface area contributed by atoms with Gasteiger partial charge in [-0.05, 0) is 12.8 Å². The summed E-state index contributed by atoms with van der Waals surface area (Å²) in [5, 5.41) is 10.2. The van der Waals surface area contributed by atoms with Crippen molar-refractivity contribution in [3.8, 4) is 10.6 Å². The smallest absolute Gasteiger partial charge is 0.226 e. The average Bonchev–Trinajstić information content (AvgIpc) is 3.32. The SMILES string of the molecule is Cc1nc(C2(NC(=O)Cc3csc(-c4ccccc4)n3)CCCCC2)no1. The van der Waals surface area contributed by atoms with E-state index >= 15 is 0 Å². The Kier molecular flexibility index (Phi) is 5.03. The number of carbonyl (C=O) groups excluding carboxylic acids is 1. The van der Waals surface area contributed by atoms with Crippen molar-refractivity contribution in [1.29, 1.82) is 0 Å². The highest BCUT2D eigenvalue weighted by atomic mass is 32.1. The number of nitrogens with one attached hydrogen (secondary N) is 1. The second-order valence-electron chi connectivity index (χ2n) is 7.01. The third-order valence-corrected chi connectivity index (χ3v) is 5.90. The Labute approximate surface area is 162 Å². The van der Waals surface area contributed by atoms with Crippen molar-refractivity contribution in [3.63, 3.8) is 0 Å². The zero-order chi connectivity index (χ0) is 18.7. The summed E-state index contributed by atoms with van der Waals surface area (Å²) < 4.78 is 5.17. The zero-order valence-corrected chi connectivity index (χ0v) is 16.1. The molecule has 1 aliphatic carbocycles. The maximum atomic E-state index is 12.8. The maximum absolute atomic E-state index is 12.8. The summed E-state index contributed by atoms with van der Waals surface area (Å²) in [7, 11) is 0. The minimum absolute atomic E-state index is 0.0516. The van der Waals surface area contributed by atoms with Gasteiger partial charge in [-0.25, -0.2) is 4.98 Å². The third kappa shape index (κ3) is 3.93. The average molecular weight is 382 g/mol. The van der Waals surface area contributed by atoms with E-state index in [0.717, 1.165) is 41.9 Å². The quantitative estimate of drug-likeness (QED) is 0.721. The number of nitrogens with zero attached hydrogens (tertiary/aromatic N) is 3. The number of thiazole rings is 1. The molecule has 0 bridgehead atoms. The predicted molar refractivity (Wildman–Crippen MR) is 103 cm³/mol. The summed E-state index contributed by atoms with van der Waals surface area (Å²) in [5.74, 6) is 1.07. The Morgan fingerprint density at radius 1 is 1.19 bits per heavy atom. The van der Waals surface area contributed by atoms with Crippen LogP contribution >= 0.6 is 11.3 Å². The van der Waals surface area contributed by atoms with E-state index in [1.165, 1.54) is 6.42 Å². The van der Waals surface area contributed by atoms with Gasteiger partial charge in [0.15, 0.2) is 5.82 Å². The number of hydrogen-bond acceptors (Lipinski definition) is 6. The zero-order valence-electron chi connectivity index (χ0n) is 15.3. The molecule has 0 radical (unpaired) electrons. The van der Waals surface area contributed by atoms with Crippen LogP contribution in [0.5, 0.6) is 0 Å². The topological polar surface area (TPSA) is 80.9 Å². The molecule has 0 atom stereocenters. The van der Waals surface area contributed by atoms with Crippen molar-refractivity contribution in [3.05, 3.63) is 53.1 Å². The molecule has 6 nitrogen and oxygen atoms in total. The van der Waals surface area contributed by atoms with E-state index in [9.17, 15) is 4.79 Å². The standard InChI is InChI=1S/C20H22N4O2S/c1-14-21-19(24-26-14)20(10-6-3-7-11-20)23-17(25)12-16-13-27-18(22-16)15-8-4-2-5-9-15/h2,4-5,8-9,13H,3,6-7,10-12H2,1H3,(H,23,25). The number of amides is 1. The predicted octanol–water partition coefficient (Wildman–Crippen LogP) is 4.02. The monoisotopic (exact) mass is 382 g/mol. The highest BCUT2D eigenvalue weighted by Crippen LogP contribution is 2.35. The molecule has 2 heterocycles. The lowest BCUT2D eigenvalue weighted by atomic mass is 9.81. The van der Waals surface area contributed by atoms with Crippen LogP contribution in [-0.4, -0.2) is 21.0 Å². The fraction of sp³-hybridized carbons (Fsp3) is 0.400. The molecule has 0 saturated heterocycles. The van der Waals surface area contributed by atoms with E-state index in [4.69, 9.17) is 4.52 Å². The minimum Gasteiger partial charge on any atom is -0.343 e. The fourth-order valence-electron chi connectivity index (χ4n) is 3.63. The summed E-state index contributed by atoms with van der Waals surface area (Å²) in [4.78, 5) is 21.8. The van der Waals surface area contributed by atoms with Gasteiger partial charge in [0.2, 0.25) is 11.8 Å². The van der Waals surface area contributed by atoms with Gasteiger partial charge >= 0.3 is 0 Å². The van der Waals surface area contributed by atoms with Crippen LogP contribution in [0.3, 0.4) is 0 Å². The summed E-state index contributed by atoms with van der Waals surface area (Å²) in [6.07, 6.45) is 5.18.